The molecular weight excluding hydrogens is 440 g/mol. The van der Waals surface area contributed by atoms with Gasteiger partial charge in [-0.1, -0.05) is 12.1 Å². The van der Waals surface area contributed by atoms with Crippen molar-refractivity contribution in [1.29, 1.82) is 0 Å². The van der Waals surface area contributed by atoms with Crippen molar-refractivity contribution in [3.05, 3.63) is 72.2 Å². The van der Waals surface area contributed by atoms with Crippen molar-refractivity contribution in [1.82, 2.24) is 5.32 Å². The Kier molecular flexibility index (Phi) is 8.83. The van der Waals surface area contributed by atoms with Crippen LogP contribution in [-0.4, -0.2) is 37.8 Å². The molecule has 1 aromatic heterocycles. The van der Waals surface area contributed by atoms with Gasteiger partial charge in [0.1, 0.15) is 5.76 Å². The van der Waals surface area contributed by atoms with E-state index in [1.54, 1.807) is 44.7 Å². The Morgan fingerprint density at radius 2 is 1.82 bits per heavy atom. The number of hydrogen-bond acceptors (Lipinski definition) is 6. The van der Waals surface area contributed by atoms with E-state index in [4.69, 9.17) is 13.9 Å². The zero-order chi connectivity index (χ0) is 23.6. The van der Waals surface area contributed by atoms with Crippen LogP contribution in [0.3, 0.4) is 0 Å². The lowest BCUT2D eigenvalue weighted by Gasteiger charge is -2.15. The number of nitrogens with one attached hydrogen (secondary N) is 2. The highest BCUT2D eigenvalue weighted by molar-refractivity contribution is 8.00. The van der Waals surface area contributed by atoms with Crippen LogP contribution < -0.4 is 20.1 Å². The predicted molar refractivity (Wildman–Crippen MR) is 129 cm³/mol. The minimum absolute atomic E-state index is 0.0194. The Morgan fingerprint density at radius 1 is 1.03 bits per heavy atom. The first-order valence-electron chi connectivity index (χ1n) is 10.6. The molecule has 0 saturated carbocycles. The number of hydrogen-bond donors (Lipinski definition) is 2. The average molecular weight is 469 g/mol. The summed E-state index contributed by atoms with van der Waals surface area (Å²) in [6.45, 7) is 1.97. The van der Waals surface area contributed by atoms with Crippen LogP contribution in [0.15, 0.2) is 70.2 Å². The van der Waals surface area contributed by atoms with Crippen molar-refractivity contribution in [3.63, 3.8) is 0 Å². The smallest absolute Gasteiger partial charge is 0.252 e. The predicted octanol–water partition coefficient (Wildman–Crippen LogP) is 4.78. The fourth-order valence-electron chi connectivity index (χ4n) is 3.22. The van der Waals surface area contributed by atoms with Gasteiger partial charge in [0.05, 0.1) is 31.8 Å². The number of furan rings is 1. The van der Waals surface area contributed by atoms with E-state index in [9.17, 15) is 9.59 Å². The van der Waals surface area contributed by atoms with Crippen LogP contribution >= 0.6 is 11.8 Å². The van der Waals surface area contributed by atoms with Gasteiger partial charge in [-0.15, -0.1) is 11.8 Å². The van der Waals surface area contributed by atoms with Crippen molar-refractivity contribution >= 4 is 29.3 Å². The van der Waals surface area contributed by atoms with Gasteiger partial charge < -0.3 is 24.5 Å². The average Bonchev–Trinajstić information content (AvgIpc) is 3.35. The topological polar surface area (TPSA) is 89.8 Å². The minimum atomic E-state index is -0.186. The molecule has 2 amide bonds. The fourth-order valence-corrected chi connectivity index (χ4v) is 4.07. The third-order valence-electron chi connectivity index (χ3n) is 4.94. The molecule has 0 radical (unpaired) electrons. The number of carbonyl (C=O) groups excluding carboxylic acids is 2. The van der Waals surface area contributed by atoms with Gasteiger partial charge in [-0.25, -0.2) is 0 Å². The molecule has 0 spiro atoms. The molecule has 0 aliphatic rings. The van der Waals surface area contributed by atoms with Crippen LogP contribution in [0.4, 0.5) is 5.69 Å². The quantitative estimate of drug-likeness (QED) is 0.394. The van der Waals surface area contributed by atoms with Crippen molar-refractivity contribution in [2.24, 2.45) is 0 Å². The van der Waals surface area contributed by atoms with Gasteiger partial charge in [-0.2, -0.15) is 0 Å². The second-order valence-electron chi connectivity index (χ2n) is 7.40. The number of methoxy groups -OCH3 is 2. The van der Waals surface area contributed by atoms with Gasteiger partial charge in [-0.3, -0.25) is 9.59 Å². The lowest BCUT2D eigenvalue weighted by atomic mass is 10.1. The molecule has 7 nitrogen and oxygen atoms in total. The molecule has 8 heteroatoms. The summed E-state index contributed by atoms with van der Waals surface area (Å²) in [6.07, 6.45) is 3.16. The molecule has 0 aliphatic heterocycles. The maximum absolute atomic E-state index is 12.8. The summed E-state index contributed by atoms with van der Waals surface area (Å²) >= 11 is 1.31. The first-order chi connectivity index (χ1) is 16.0. The molecule has 1 unspecified atom stereocenters. The molecule has 0 bridgehead atoms. The highest BCUT2D eigenvalue weighted by Crippen LogP contribution is 2.30. The normalized spacial score (nSPS) is 11.5. The Bertz CT molecular complexity index is 1070. The number of carbonyl (C=O) groups is 2. The second kappa shape index (κ2) is 12.0. The minimum Gasteiger partial charge on any atom is -0.493 e. The van der Waals surface area contributed by atoms with Crippen LogP contribution in [0.2, 0.25) is 0 Å². The van der Waals surface area contributed by atoms with Gasteiger partial charge in [-0.05, 0) is 49.7 Å². The van der Waals surface area contributed by atoms with Crippen LogP contribution in [0.1, 0.15) is 29.5 Å². The third-order valence-corrected chi connectivity index (χ3v) is 6.01. The first-order valence-corrected chi connectivity index (χ1v) is 11.6. The van der Waals surface area contributed by atoms with Gasteiger partial charge in [0, 0.05) is 29.1 Å². The highest BCUT2D eigenvalue weighted by atomic mass is 32.2. The number of amides is 2. The van der Waals surface area contributed by atoms with Crippen molar-refractivity contribution < 1.29 is 23.5 Å². The lowest BCUT2D eigenvalue weighted by molar-refractivity contribution is -0.113. The molecule has 174 valence electrons. The van der Waals surface area contributed by atoms with E-state index in [1.165, 1.54) is 11.8 Å². The van der Waals surface area contributed by atoms with E-state index in [-0.39, 0.29) is 23.6 Å². The van der Waals surface area contributed by atoms with E-state index < -0.39 is 0 Å². The monoisotopic (exact) mass is 468 g/mol. The molecule has 2 N–H and O–H groups in total. The van der Waals surface area contributed by atoms with Crippen molar-refractivity contribution in [3.8, 4) is 11.5 Å². The van der Waals surface area contributed by atoms with E-state index in [0.717, 1.165) is 23.5 Å². The molecule has 0 aliphatic carbocycles. The number of ether oxygens (including phenoxy) is 2. The van der Waals surface area contributed by atoms with Gasteiger partial charge >= 0.3 is 0 Å². The molecule has 33 heavy (non-hydrogen) atoms. The maximum Gasteiger partial charge on any atom is 0.252 e. The third kappa shape index (κ3) is 7.05. The van der Waals surface area contributed by atoms with Crippen LogP contribution in [0.5, 0.6) is 11.5 Å². The summed E-state index contributed by atoms with van der Waals surface area (Å²) in [5, 5.41) is 5.87. The molecule has 3 aromatic rings. The Balaban J connectivity index is 1.55. The number of thioether (sulfide) groups is 1. The van der Waals surface area contributed by atoms with E-state index in [0.29, 0.717) is 22.7 Å². The van der Waals surface area contributed by atoms with E-state index in [1.807, 2.05) is 37.3 Å². The molecule has 0 fully saturated rings. The summed E-state index contributed by atoms with van der Waals surface area (Å²) in [5.74, 6) is 1.83. The summed E-state index contributed by atoms with van der Waals surface area (Å²) < 4.78 is 15.8. The number of aryl methyl sites for hydroxylation is 1. The van der Waals surface area contributed by atoms with Crippen molar-refractivity contribution in [2.45, 2.75) is 30.7 Å². The standard InChI is InChI=1S/C25H28N2O5S/c1-17(10-12-19-7-6-14-32-19)26-25(29)20-8-4-5-9-23(20)33-16-24(28)27-18-11-13-21(30-2)22(15-18)31-3/h4-9,11,13-15,17H,10,12,16H2,1-3H3,(H,26,29)(H,27,28). The van der Waals surface area contributed by atoms with Crippen LogP contribution in [-0.2, 0) is 11.2 Å². The summed E-state index contributed by atoms with van der Waals surface area (Å²) in [5.41, 5.74) is 1.15. The Morgan fingerprint density at radius 3 is 2.55 bits per heavy atom. The van der Waals surface area contributed by atoms with E-state index >= 15 is 0 Å². The van der Waals surface area contributed by atoms with Crippen molar-refractivity contribution in [2.75, 3.05) is 25.3 Å². The van der Waals surface area contributed by atoms with Crippen LogP contribution in [0, 0.1) is 0 Å². The molecule has 1 heterocycles. The second-order valence-corrected chi connectivity index (χ2v) is 8.41. The molecule has 1 atom stereocenters. The van der Waals surface area contributed by atoms with E-state index in [2.05, 4.69) is 10.6 Å². The fraction of sp³-hybridized carbons (Fsp3) is 0.280. The number of benzene rings is 2. The zero-order valence-corrected chi connectivity index (χ0v) is 19.7. The van der Waals surface area contributed by atoms with Crippen LogP contribution in [0.25, 0.3) is 0 Å². The van der Waals surface area contributed by atoms with Gasteiger partial charge in [0.15, 0.2) is 11.5 Å². The Labute approximate surface area is 197 Å². The lowest BCUT2D eigenvalue weighted by Crippen LogP contribution is -2.33. The summed E-state index contributed by atoms with van der Waals surface area (Å²) in [7, 11) is 3.10. The molecule has 2 aromatic carbocycles. The number of anilines is 1. The SMILES string of the molecule is COc1ccc(NC(=O)CSc2ccccc2C(=O)NC(C)CCc2ccco2)cc1OC. The summed E-state index contributed by atoms with van der Waals surface area (Å²) in [4.78, 5) is 26.1. The molecular formula is C25H28N2O5S. The summed E-state index contributed by atoms with van der Waals surface area (Å²) in [6, 6.07) is 16.2. The zero-order valence-electron chi connectivity index (χ0n) is 18.9. The maximum atomic E-state index is 12.8. The van der Waals surface area contributed by atoms with Gasteiger partial charge in [0.25, 0.3) is 5.91 Å². The highest BCUT2D eigenvalue weighted by Gasteiger charge is 2.16. The Hall–Kier alpha value is -3.39. The largest absolute Gasteiger partial charge is 0.493 e. The molecule has 3 rings (SSSR count). The number of rotatable bonds is 11. The first kappa shape index (κ1) is 24.3. The molecule has 0 saturated heterocycles. The van der Waals surface area contributed by atoms with Gasteiger partial charge in [0.2, 0.25) is 5.91 Å².